The predicted molar refractivity (Wildman–Crippen MR) is 141 cm³/mol. The molecule has 1 unspecified atom stereocenters. The second-order valence-corrected chi connectivity index (χ2v) is 8.83. The second kappa shape index (κ2) is 18.3. The van der Waals surface area contributed by atoms with Gasteiger partial charge < -0.3 is 10.1 Å². The molecule has 1 N–H and O–H groups in total. The maximum Gasteiger partial charge on any atom is 0.353 e. The topological polar surface area (TPSA) is 64.6 Å². The van der Waals surface area contributed by atoms with Gasteiger partial charge in [0.05, 0.1) is 13.0 Å². The minimum Gasteiger partial charge on any atom is -0.326 e. The third kappa shape index (κ3) is 10.9. The highest BCUT2D eigenvalue weighted by Crippen LogP contribution is 2.29. The van der Waals surface area contributed by atoms with Crippen molar-refractivity contribution in [1.82, 2.24) is 4.65 Å². The van der Waals surface area contributed by atoms with Crippen LogP contribution in [0.25, 0.3) is 0 Å². The van der Waals surface area contributed by atoms with Crippen LogP contribution in [-0.4, -0.2) is 31.8 Å². The molecule has 1 atom stereocenters. The fourth-order valence-electron chi connectivity index (χ4n) is 3.85. The average molecular weight is 476 g/mol. The second-order valence-electron chi connectivity index (χ2n) is 8.83. The number of benzene rings is 1. The lowest BCUT2D eigenvalue weighted by molar-refractivity contribution is -0.205. The van der Waals surface area contributed by atoms with Crippen LogP contribution in [0.5, 0.6) is 0 Å². The van der Waals surface area contributed by atoms with Crippen LogP contribution >= 0.6 is 0 Å². The number of carbonyl (C=O) groups excluding carboxylic acids is 2. The number of quaternary nitrogens is 1. The number of anilines is 1. The van der Waals surface area contributed by atoms with E-state index in [1.54, 1.807) is 6.08 Å². The first-order valence-corrected chi connectivity index (χ1v) is 13.2. The first-order valence-electron chi connectivity index (χ1n) is 13.2. The Bertz CT molecular complexity index is 722. The molecule has 0 saturated heterocycles. The van der Waals surface area contributed by atoms with Crippen LogP contribution in [0.15, 0.2) is 36.9 Å². The van der Waals surface area contributed by atoms with Gasteiger partial charge in [-0.1, -0.05) is 82.5 Å². The normalized spacial score (nSPS) is 12.8. The van der Waals surface area contributed by atoms with Gasteiger partial charge in [-0.05, 0) is 25.3 Å². The van der Waals surface area contributed by atoms with Crippen LogP contribution in [0, 0.1) is 0 Å². The Morgan fingerprint density at radius 3 is 2.26 bits per heavy atom. The van der Waals surface area contributed by atoms with Gasteiger partial charge in [0.15, 0.2) is 5.69 Å². The minimum atomic E-state index is -0.338. The number of nitrogens with one attached hydrogen (secondary N) is 1. The van der Waals surface area contributed by atoms with Crippen molar-refractivity contribution in [1.29, 1.82) is 0 Å². The van der Waals surface area contributed by atoms with E-state index in [9.17, 15) is 9.59 Å². The number of nitrogens with zero attached hydrogens (tertiary/aromatic N) is 1. The molecule has 1 aromatic carbocycles. The number of unbranched alkanes of at least 4 members (excludes halogenated alkanes) is 7. The summed E-state index contributed by atoms with van der Waals surface area (Å²) < 4.78 is 5.45. The first-order chi connectivity index (χ1) is 16.5. The third-order valence-electron chi connectivity index (χ3n) is 5.71. The van der Waals surface area contributed by atoms with Gasteiger partial charge in [-0.2, -0.15) is 4.84 Å². The molecule has 34 heavy (non-hydrogen) atoms. The highest BCUT2D eigenvalue weighted by atomic mass is 16.7. The van der Waals surface area contributed by atoms with Crippen LogP contribution < -0.4 is 9.96 Å². The molecule has 0 spiro atoms. The number of amides is 2. The van der Waals surface area contributed by atoms with Gasteiger partial charge in [0.1, 0.15) is 6.61 Å². The van der Waals surface area contributed by atoms with Crippen LogP contribution in [0.2, 0.25) is 0 Å². The van der Waals surface area contributed by atoms with E-state index in [1.165, 1.54) is 38.5 Å². The van der Waals surface area contributed by atoms with Gasteiger partial charge in [-0.15, -0.1) is 6.58 Å². The lowest BCUT2D eigenvalue weighted by Gasteiger charge is -2.32. The van der Waals surface area contributed by atoms with E-state index in [0.29, 0.717) is 43.9 Å². The molecule has 0 radical (unpaired) electrons. The van der Waals surface area contributed by atoms with E-state index in [1.807, 2.05) is 38.1 Å². The summed E-state index contributed by atoms with van der Waals surface area (Å²) in [6.45, 7) is 10.8. The summed E-state index contributed by atoms with van der Waals surface area (Å²) in [4.78, 5) is 31.9. The number of ether oxygens (including phenoxy) is 1. The minimum absolute atomic E-state index is 0.0413. The maximum absolute atomic E-state index is 13.4. The lowest BCUT2D eigenvalue weighted by atomic mass is 10.1. The summed E-state index contributed by atoms with van der Waals surface area (Å²) in [5.41, 5.74) is 1.32. The SMILES string of the molecule is C=CCOC[N+](OCCCCCCCCCC)(C(=O)CCC)c1cccc(NC(=O)CCC)c1. The molecule has 2 amide bonds. The molecule has 6 nitrogen and oxygen atoms in total. The van der Waals surface area contributed by atoms with Gasteiger partial charge in [0, 0.05) is 24.2 Å². The number of hydrogen-bond acceptors (Lipinski definition) is 4. The third-order valence-corrected chi connectivity index (χ3v) is 5.71. The van der Waals surface area contributed by atoms with Crippen molar-refractivity contribution in [3.63, 3.8) is 0 Å². The Morgan fingerprint density at radius 2 is 1.62 bits per heavy atom. The standard InChI is InChI=1S/C28H46N2O4/c1-5-9-10-11-12-13-14-15-22-34-30(24-33-21-8-4,28(32)18-7-3)26-20-16-19-25(23-26)29-27(31)17-6-2/h8,16,19-20,23H,4-7,9-15,17-18,21-22,24H2,1-3H3/p+1. The van der Waals surface area contributed by atoms with Gasteiger partial charge in [-0.3, -0.25) is 4.79 Å². The zero-order valence-corrected chi connectivity index (χ0v) is 21.8. The summed E-state index contributed by atoms with van der Waals surface area (Å²) in [7, 11) is 0. The molecule has 6 heteroatoms. The van der Waals surface area contributed by atoms with E-state index in [2.05, 4.69) is 18.8 Å². The number of carbonyl (C=O) groups is 2. The Labute approximate surface area is 207 Å². The first kappa shape index (κ1) is 30.0. The van der Waals surface area contributed by atoms with E-state index in [4.69, 9.17) is 9.57 Å². The molecule has 1 rings (SSSR count). The highest BCUT2D eigenvalue weighted by molar-refractivity contribution is 5.92. The van der Waals surface area contributed by atoms with E-state index >= 15 is 0 Å². The molecule has 0 aromatic heterocycles. The summed E-state index contributed by atoms with van der Waals surface area (Å²) >= 11 is 0. The zero-order chi connectivity index (χ0) is 25.1. The van der Waals surface area contributed by atoms with E-state index in [0.717, 1.165) is 19.3 Å². The van der Waals surface area contributed by atoms with Crippen LogP contribution in [0.4, 0.5) is 11.4 Å². The molecule has 0 aliphatic carbocycles. The summed E-state index contributed by atoms with van der Waals surface area (Å²) in [6, 6.07) is 7.37. The van der Waals surface area contributed by atoms with Crippen LogP contribution in [0.1, 0.15) is 97.8 Å². The van der Waals surface area contributed by atoms with Crippen molar-refractivity contribution in [3.8, 4) is 0 Å². The molecular formula is C28H47N2O4+. The Hall–Kier alpha value is -2.02. The smallest absolute Gasteiger partial charge is 0.326 e. The van der Waals surface area contributed by atoms with Gasteiger partial charge in [0.25, 0.3) is 0 Å². The molecule has 192 valence electrons. The summed E-state index contributed by atoms with van der Waals surface area (Å²) in [5.74, 6) is -0.0939. The van der Waals surface area contributed by atoms with E-state index < -0.39 is 0 Å². The molecule has 0 heterocycles. The van der Waals surface area contributed by atoms with Gasteiger partial charge in [0.2, 0.25) is 12.6 Å². The van der Waals surface area contributed by atoms with Crippen LogP contribution in [-0.2, 0) is 19.2 Å². The van der Waals surface area contributed by atoms with E-state index in [-0.39, 0.29) is 23.2 Å². The molecular weight excluding hydrogens is 428 g/mol. The van der Waals surface area contributed by atoms with Crippen molar-refractivity contribution in [2.45, 2.75) is 97.8 Å². The highest BCUT2D eigenvalue weighted by Gasteiger charge is 2.42. The fourth-order valence-corrected chi connectivity index (χ4v) is 3.85. The quantitative estimate of drug-likeness (QED) is 0.0707. The van der Waals surface area contributed by atoms with Crippen molar-refractivity contribution in [3.05, 3.63) is 36.9 Å². The monoisotopic (exact) mass is 475 g/mol. The molecule has 0 bridgehead atoms. The van der Waals surface area contributed by atoms with Crippen molar-refractivity contribution < 1.29 is 19.2 Å². The summed E-state index contributed by atoms with van der Waals surface area (Å²) in [5, 5.41) is 2.93. The van der Waals surface area contributed by atoms with Crippen molar-refractivity contribution in [2.24, 2.45) is 0 Å². The fraction of sp³-hybridized carbons (Fsp3) is 0.643. The predicted octanol–water partition coefficient (Wildman–Crippen LogP) is 7.29. The molecule has 0 saturated carbocycles. The number of rotatable bonds is 20. The van der Waals surface area contributed by atoms with Gasteiger partial charge >= 0.3 is 5.91 Å². The lowest BCUT2D eigenvalue weighted by Crippen LogP contribution is -2.55. The van der Waals surface area contributed by atoms with Gasteiger partial charge in [-0.25, -0.2) is 4.79 Å². The zero-order valence-electron chi connectivity index (χ0n) is 21.8. The van der Waals surface area contributed by atoms with Crippen molar-refractivity contribution >= 4 is 23.2 Å². The number of hydroxylamine groups is 2. The summed E-state index contributed by atoms with van der Waals surface area (Å²) in [6.07, 6.45) is 13.6. The maximum atomic E-state index is 13.4. The Kier molecular flexibility index (Phi) is 16.2. The average Bonchev–Trinajstić information content (AvgIpc) is 2.82. The number of hydrogen-bond donors (Lipinski definition) is 1. The Balaban J connectivity index is 2.98. The molecule has 0 aliphatic rings. The molecule has 1 aromatic rings. The van der Waals surface area contributed by atoms with Crippen molar-refractivity contribution in [2.75, 3.05) is 25.3 Å². The molecule has 0 fully saturated rings. The Morgan fingerprint density at radius 1 is 0.941 bits per heavy atom. The van der Waals surface area contributed by atoms with Crippen LogP contribution in [0.3, 0.4) is 0 Å². The molecule has 0 aliphatic heterocycles. The largest absolute Gasteiger partial charge is 0.353 e.